The summed E-state index contributed by atoms with van der Waals surface area (Å²) in [4.78, 5) is 13.8. The Morgan fingerprint density at radius 3 is 2.84 bits per heavy atom. The second-order valence-corrected chi connectivity index (χ2v) is 10.1. The lowest BCUT2D eigenvalue weighted by Gasteiger charge is -2.32. The van der Waals surface area contributed by atoms with Gasteiger partial charge in [0.15, 0.2) is 17.8 Å². The van der Waals surface area contributed by atoms with E-state index in [1.165, 1.54) is 6.33 Å². The van der Waals surface area contributed by atoms with E-state index < -0.39 is 0 Å². The number of hydrogen-bond donors (Lipinski definition) is 1. The van der Waals surface area contributed by atoms with E-state index >= 15 is 0 Å². The highest BCUT2D eigenvalue weighted by molar-refractivity contribution is 6.34. The van der Waals surface area contributed by atoms with Crippen molar-refractivity contribution in [3.05, 3.63) is 35.6 Å². The minimum atomic E-state index is -0.345. The number of hydrogen-bond acceptors (Lipinski definition) is 10. The van der Waals surface area contributed by atoms with Gasteiger partial charge in [-0.25, -0.2) is 9.97 Å². The monoisotopic (exact) mass is 541 g/mol. The lowest BCUT2D eigenvalue weighted by molar-refractivity contribution is -0.105. The van der Waals surface area contributed by atoms with E-state index in [4.69, 9.17) is 35.3 Å². The van der Waals surface area contributed by atoms with E-state index in [1.807, 2.05) is 12.1 Å². The molecule has 0 amide bonds. The predicted octanol–water partition coefficient (Wildman–Crippen LogP) is 4.29. The fraction of sp³-hybridized carbons (Fsp3) is 0.481. The Kier molecular flexibility index (Phi) is 7.55. The van der Waals surface area contributed by atoms with Crippen molar-refractivity contribution in [2.45, 2.75) is 25.6 Å². The zero-order valence-corrected chi connectivity index (χ0v) is 22.2. The van der Waals surface area contributed by atoms with E-state index in [0.717, 1.165) is 52.0 Å². The molecule has 2 aromatic carbocycles. The SMILES string of the molecule is CN1CCN(CCOc2cc(OC3CCCCO3)c3c(Nc4c(Cl)ccc5c4OCO5)ncnc3c2)CC1. The quantitative estimate of drug-likeness (QED) is 0.445. The van der Waals surface area contributed by atoms with Gasteiger partial charge in [-0.15, -0.1) is 0 Å². The lowest BCUT2D eigenvalue weighted by Crippen LogP contribution is -2.45. The van der Waals surface area contributed by atoms with Gasteiger partial charge in [-0.2, -0.15) is 0 Å². The van der Waals surface area contributed by atoms with E-state index in [1.54, 1.807) is 12.1 Å². The van der Waals surface area contributed by atoms with Gasteiger partial charge in [-0.05, 0) is 32.0 Å². The summed E-state index contributed by atoms with van der Waals surface area (Å²) >= 11 is 6.54. The molecule has 1 unspecified atom stereocenters. The standard InChI is InChI=1S/C27H32ClN5O5/c1-32-7-9-33(10-8-32)11-13-34-18-14-20-24(22(15-18)38-23-4-2-3-12-35-23)27(30-16-29-20)31-25-19(28)5-6-21-26(25)37-17-36-21/h5-6,14-16,23H,2-4,7-13,17H2,1H3,(H,29,30,31). The van der Waals surface area contributed by atoms with Gasteiger partial charge < -0.3 is 33.9 Å². The molecule has 2 fully saturated rings. The molecule has 202 valence electrons. The lowest BCUT2D eigenvalue weighted by atomic mass is 10.1. The fourth-order valence-corrected chi connectivity index (χ4v) is 5.09. The summed E-state index contributed by atoms with van der Waals surface area (Å²) in [5.41, 5.74) is 1.26. The van der Waals surface area contributed by atoms with Crippen LogP contribution in [0.1, 0.15) is 19.3 Å². The second-order valence-electron chi connectivity index (χ2n) is 9.73. The molecule has 0 aliphatic carbocycles. The average molecular weight is 542 g/mol. The molecule has 1 atom stereocenters. The van der Waals surface area contributed by atoms with Crippen LogP contribution < -0.4 is 24.3 Å². The van der Waals surface area contributed by atoms with Crippen molar-refractivity contribution in [3.63, 3.8) is 0 Å². The summed E-state index contributed by atoms with van der Waals surface area (Å²) in [5.74, 6) is 2.99. The van der Waals surface area contributed by atoms with Crippen LogP contribution in [0, 0.1) is 0 Å². The number of likely N-dealkylation sites (N-methyl/N-ethyl adjacent to an activating group) is 1. The van der Waals surface area contributed by atoms with Gasteiger partial charge in [0, 0.05) is 51.3 Å². The van der Waals surface area contributed by atoms with Crippen molar-refractivity contribution in [2.24, 2.45) is 0 Å². The summed E-state index contributed by atoms with van der Waals surface area (Å²) in [6.07, 6.45) is 4.06. The van der Waals surface area contributed by atoms with Crippen LogP contribution in [0.5, 0.6) is 23.0 Å². The van der Waals surface area contributed by atoms with Gasteiger partial charge in [-0.1, -0.05) is 11.6 Å². The molecule has 1 aromatic heterocycles. The van der Waals surface area contributed by atoms with Crippen LogP contribution in [0.25, 0.3) is 10.9 Å². The number of nitrogens with one attached hydrogen (secondary N) is 1. The van der Waals surface area contributed by atoms with Crippen LogP contribution >= 0.6 is 11.6 Å². The van der Waals surface area contributed by atoms with E-state index in [2.05, 4.69) is 32.1 Å². The van der Waals surface area contributed by atoms with Gasteiger partial charge in [-0.3, -0.25) is 4.90 Å². The molecule has 0 radical (unpaired) electrons. The minimum Gasteiger partial charge on any atom is -0.492 e. The molecule has 11 heteroatoms. The maximum Gasteiger partial charge on any atom is 0.231 e. The van der Waals surface area contributed by atoms with E-state index in [-0.39, 0.29) is 13.1 Å². The number of halogens is 1. The third-order valence-electron chi connectivity index (χ3n) is 7.08. The van der Waals surface area contributed by atoms with Gasteiger partial charge in [0.05, 0.1) is 22.5 Å². The summed E-state index contributed by atoms with van der Waals surface area (Å²) in [7, 11) is 2.16. The maximum absolute atomic E-state index is 6.54. The molecule has 4 heterocycles. The van der Waals surface area contributed by atoms with Crippen molar-refractivity contribution in [1.29, 1.82) is 0 Å². The van der Waals surface area contributed by atoms with Crippen molar-refractivity contribution in [3.8, 4) is 23.0 Å². The van der Waals surface area contributed by atoms with Crippen molar-refractivity contribution < 1.29 is 23.7 Å². The molecular weight excluding hydrogens is 510 g/mol. The van der Waals surface area contributed by atoms with Crippen molar-refractivity contribution >= 4 is 34.0 Å². The molecule has 10 nitrogen and oxygen atoms in total. The highest BCUT2D eigenvalue weighted by Crippen LogP contribution is 2.46. The molecule has 38 heavy (non-hydrogen) atoms. The number of nitrogens with zero attached hydrogens (tertiary/aromatic N) is 4. The first-order chi connectivity index (χ1) is 18.6. The molecule has 3 aliphatic heterocycles. The number of anilines is 2. The number of piperazine rings is 1. The zero-order chi connectivity index (χ0) is 25.9. The van der Waals surface area contributed by atoms with Crippen molar-refractivity contribution in [2.75, 3.05) is 65.1 Å². The minimum absolute atomic E-state index is 0.136. The molecule has 3 aromatic rings. The first-order valence-corrected chi connectivity index (χ1v) is 13.5. The van der Waals surface area contributed by atoms with Gasteiger partial charge in [0.1, 0.15) is 35.9 Å². The van der Waals surface area contributed by atoms with Crippen LogP contribution in [0.4, 0.5) is 11.5 Å². The van der Waals surface area contributed by atoms with Crippen LogP contribution in [-0.4, -0.2) is 85.8 Å². The Hall–Kier alpha value is -3.05. The summed E-state index contributed by atoms with van der Waals surface area (Å²) < 4.78 is 29.7. The number of fused-ring (bicyclic) bond motifs is 2. The highest BCUT2D eigenvalue weighted by atomic mass is 35.5. The van der Waals surface area contributed by atoms with Crippen LogP contribution in [-0.2, 0) is 4.74 Å². The molecule has 6 rings (SSSR count). The van der Waals surface area contributed by atoms with E-state index in [9.17, 15) is 0 Å². The number of rotatable bonds is 8. The Morgan fingerprint density at radius 2 is 2.00 bits per heavy atom. The van der Waals surface area contributed by atoms with Gasteiger partial charge >= 0.3 is 0 Å². The van der Waals surface area contributed by atoms with E-state index in [0.29, 0.717) is 63.6 Å². The van der Waals surface area contributed by atoms with Gasteiger partial charge in [0.2, 0.25) is 6.79 Å². The first kappa shape index (κ1) is 25.2. The number of ether oxygens (including phenoxy) is 5. The zero-order valence-electron chi connectivity index (χ0n) is 21.5. The maximum atomic E-state index is 6.54. The van der Waals surface area contributed by atoms with Gasteiger partial charge in [0.25, 0.3) is 0 Å². The second kappa shape index (κ2) is 11.4. The number of benzene rings is 2. The molecule has 0 spiro atoms. The molecular formula is C27H32ClN5O5. The normalized spacial score (nSPS) is 20.0. The Morgan fingerprint density at radius 1 is 1.11 bits per heavy atom. The Labute approximate surface area is 226 Å². The summed E-state index contributed by atoms with van der Waals surface area (Å²) in [6, 6.07) is 7.36. The third kappa shape index (κ3) is 5.54. The molecule has 0 saturated carbocycles. The first-order valence-electron chi connectivity index (χ1n) is 13.1. The predicted molar refractivity (Wildman–Crippen MR) is 144 cm³/mol. The smallest absolute Gasteiger partial charge is 0.231 e. The van der Waals surface area contributed by atoms with Crippen LogP contribution in [0.2, 0.25) is 5.02 Å². The fourth-order valence-electron chi connectivity index (χ4n) is 4.89. The topological polar surface area (TPSA) is 90.4 Å². The molecule has 0 bridgehead atoms. The van der Waals surface area contributed by atoms with Crippen molar-refractivity contribution in [1.82, 2.24) is 19.8 Å². The average Bonchev–Trinajstić information content (AvgIpc) is 3.41. The summed E-state index contributed by atoms with van der Waals surface area (Å²) in [5, 5.41) is 4.54. The molecule has 3 aliphatic rings. The van der Waals surface area contributed by atoms with Crippen LogP contribution in [0.3, 0.4) is 0 Å². The third-order valence-corrected chi connectivity index (χ3v) is 7.39. The molecule has 2 saturated heterocycles. The summed E-state index contributed by atoms with van der Waals surface area (Å²) in [6.45, 7) is 6.51. The largest absolute Gasteiger partial charge is 0.492 e. The molecule has 1 N–H and O–H groups in total. The van der Waals surface area contributed by atoms with Crippen LogP contribution in [0.15, 0.2) is 30.6 Å². The number of aromatic nitrogens is 2. The Bertz CT molecular complexity index is 1280. The highest BCUT2D eigenvalue weighted by Gasteiger charge is 2.24. The Balaban J connectivity index is 1.29.